The summed E-state index contributed by atoms with van der Waals surface area (Å²) in [5.41, 5.74) is 0. The normalized spacial score (nSPS) is 19.6. The molecule has 0 spiro atoms. The molecule has 1 saturated heterocycles. The minimum Gasteiger partial charge on any atom is -0.352 e. The van der Waals surface area contributed by atoms with Crippen molar-refractivity contribution in [3.63, 3.8) is 0 Å². The van der Waals surface area contributed by atoms with Crippen LogP contribution in [0.15, 0.2) is 0 Å². The van der Waals surface area contributed by atoms with Crippen LogP contribution in [-0.4, -0.2) is 33.4 Å². The molecule has 86 valence electrons. The van der Waals surface area contributed by atoms with Gasteiger partial charge in [0, 0.05) is 19.0 Å². The van der Waals surface area contributed by atoms with Crippen molar-refractivity contribution in [2.24, 2.45) is 0 Å². The molecular formula is C8H9Cl2N5O. The average molecular weight is 262 g/mol. The lowest BCUT2D eigenvalue weighted by molar-refractivity contribution is -0.119. The van der Waals surface area contributed by atoms with Gasteiger partial charge in [-0.1, -0.05) is 0 Å². The van der Waals surface area contributed by atoms with Crippen LogP contribution in [0.25, 0.3) is 0 Å². The molecule has 1 aliphatic rings. The Hall–Kier alpha value is -1.14. The van der Waals surface area contributed by atoms with Gasteiger partial charge in [-0.05, 0) is 29.6 Å². The van der Waals surface area contributed by atoms with Gasteiger partial charge in [-0.25, -0.2) is 0 Å². The Labute approximate surface area is 102 Å². The van der Waals surface area contributed by atoms with E-state index in [-0.39, 0.29) is 22.5 Å². The van der Waals surface area contributed by atoms with Crippen molar-refractivity contribution >= 4 is 35.1 Å². The van der Waals surface area contributed by atoms with Crippen LogP contribution < -0.4 is 10.6 Å². The summed E-state index contributed by atoms with van der Waals surface area (Å²) in [5.74, 6) is 0.379. The molecule has 16 heavy (non-hydrogen) atoms. The molecular weight excluding hydrogens is 253 g/mol. The standard InChI is InChI=1S/C8H9Cl2N5O/c9-6-13-7(10)15-8(14-6)11-3-4-1-2-5(16)12-4/h4H,1-3H2,(H,12,16)(H,11,13,14,15). The van der Waals surface area contributed by atoms with Gasteiger partial charge < -0.3 is 10.6 Å². The summed E-state index contributed by atoms with van der Waals surface area (Å²) in [7, 11) is 0. The average Bonchev–Trinajstić information content (AvgIpc) is 2.60. The van der Waals surface area contributed by atoms with Crippen LogP contribution in [0.2, 0.25) is 10.6 Å². The highest BCUT2D eigenvalue weighted by Crippen LogP contribution is 2.11. The van der Waals surface area contributed by atoms with Gasteiger partial charge in [0.05, 0.1) is 0 Å². The molecule has 1 fully saturated rings. The lowest BCUT2D eigenvalue weighted by Gasteiger charge is -2.10. The molecule has 1 amide bonds. The predicted molar refractivity (Wildman–Crippen MR) is 59.5 cm³/mol. The van der Waals surface area contributed by atoms with Crippen molar-refractivity contribution in [1.82, 2.24) is 20.3 Å². The number of hydrogen-bond acceptors (Lipinski definition) is 5. The van der Waals surface area contributed by atoms with Gasteiger partial charge in [-0.3, -0.25) is 4.79 Å². The maximum Gasteiger partial charge on any atom is 0.228 e. The van der Waals surface area contributed by atoms with Crippen LogP contribution in [0, 0.1) is 0 Å². The van der Waals surface area contributed by atoms with Crippen LogP contribution in [-0.2, 0) is 4.79 Å². The fourth-order valence-corrected chi connectivity index (χ4v) is 1.81. The lowest BCUT2D eigenvalue weighted by atomic mass is 10.2. The molecule has 6 nitrogen and oxygen atoms in total. The number of hydrogen-bond donors (Lipinski definition) is 2. The van der Waals surface area contributed by atoms with Gasteiger partial charge in [0.15, 0.2) is 0 Å². The van der Waals surface area contributed by atoms with E-state index in [4.69, 9.17) is 23.2 Å². The summed E-state index contributed by atoms with van der Waals surface area (Å²) in [4.78, 5) is 22.3. The number of rotatable bonds is 3. The second-order valence-corrected chi connectivity index (χ2v) is 4.06. The number of halogens is 2. The fraction of sp³-hybridized carbons (Fsp3) is 0.500. The quantitative estimate of drug-likeness (QED) is 0.844. The summed E-state index contributed by atoms with van der Waals surface area (Å²) < 4.78 is 0. The largest absolute Gasteiger partial charge is 0.352 e. The van der Waals surface area contributed by atoms with Crippen LogP contribution >= 0.6 is 23.2 Å². The molecule has 0 bridgehead atoms. The molecule has 1 unspecified atom stereocenters. The second kappa shape index (κ2) is 4.80. The van der Waals surface area contributed by atoms with E-state index in [1.54, 1.807) is 0 Å². The number of nitrogens with zero attached hydrogens (tertiary/aromatic N) is 3. The fourth-order valence-electron chi connectivity index (χ4n) is 1.45. The van der Waals surface area contributed by atoms with E-state index in [1.165, 1.54) is 0 Å². The zero-order valence-electron chi connectivity index (χ0n) is 8.20. The van der Waals surface area contributed by atoms with Crippen molar-refractivity contribution in [3.8, 4) is 0 Å². The van der Waals surface area contributed by atoms with Gasteiger partial charge in [0.2, 0.25) is 22.4 Å². The number of nitrogens with one attached hydrogen (secondary N) is 2. The minimum absolute atomic E-state index is 0.0398. The Morgan fingerprint density at radius 2 is 2.00 bits per heavy atom. The zero-order valence-corrected chi connectivity index (χ0v) is 9.72. The molecule has 0 saturated carbocycles. The minimum atomic E-state index is 0.0398. The first kappa shape index (κ1) is 11.3. The molecule has 1 atom stereocenters. The number of carbonyl (C=O) groups excluding carboxylic acids is 1. The van der Waals surface area contributed by atoms with Gasteiger partial charge in [0.25, 0.3) is 0 Å². The summed E-state index contributed by atoms with van der Waals surface area (Å²) in [5, 5.41) is 5.84. The second-order valence-electron chi connectivity index (χ2n) is 3.38. The van der Waals surface area contributed by atoms with Crippen molar-refractivity contribution < 1.29 is 4.79 Å². The lowest BCUT2D eigenvalue weighted by Crippen LogP contribution is -2.32. The molecule has 1 aromatic heterocycles. The summed E-state index contributed by atoms with van der Waals surface area (Å²) in [6, 6.07) is 0.0989. The van der Waals surface area contributed by atoms with E-state index in [1.807, 2.05) is 0 Å². The maximum atomic E-state index is 11.0. The van der Waals surface area contributed by atoms with Gasteiger partial charge in [-0.15, -0.1) is 0 Å². The smallest absolute Gasteiger partial charge is 0.228 e. The van der Waals surface area contributed by atoms with E-state index < -0.39 is 0 Å². The first-order valence-electron chi connectivity index (χ1n) is 4.74. The molecule has 2 heterocycles. The zero-order chi connectivity index (χ0) is 11.5. The Kier molecular flexibility index (Phi) is 3.40. The molecule has 2 N–H and O–H groups in total. The predicted octanol–water partition coefficient (Wildman–Crippen LogP) is 0.869. The maximum absolute atomic E-state index is 11.0. The highest BCUT2D eigenvalue weighted by molar-refractivity contribution is 6.31. The summed E-state index contributed by atoms with van der Waals surface area (Å²) in [6.07, 6.45) is 1.36. The van der Waals surface area contributed by atoms with Crippen molar-refractivity contribution in [1.29, 1.82) is 0 Å². The molecule has 0 aliphatic carbocycles. The van der Waals surface area contributed by atoms with E-state index in [2.05, 4.69) is 25.6 Å². The SMILES string of the molecule is O=C1CCC(CNc2nc(Cl)nc(Cl)n2)N1. The third-order valence-electron chi connectivity index (χ3n) is 2.17. The topological polar surface area (TPSA) is 79.8 Å². The number of carbonyl (C=O) groups is 1. The summed E-state index contributed by atoms with van der Waals surface area (Å²) in [6.45, 7) is 0.544. The third-order valence-corrected chi connectivity index (χ3v) is 2.51. The molecule has 8 heteroatoms. The molecule has 0 aromatic carbocycles. The Morgan fingerprint density at radius 3 is 2.56 bits per heavy atom. The number of aromatic nitrogens is 3. The van der Waals surface area contributed by atoms with Crippen molar-refractivity contribution in [2.75, 3.05) is 11.9 Å². The van der Waals surface area contributed by atoms with E-state index in [0.717, 1.165) is 6.42 Å². The van der Waals surface area contributed by atoms with Crippen LogP contribution in [0.1, 0.15) is 12.8 Å². The molecule has 1 aromatic rings. The molecule has 2 rings (SSSR count). The third kappa shape index (κ3) is 2.93. The highest BCUT2D eigenvalue weighted by Gasteiger charge is 2.20. The summed E-state index contributed by atoms with van der Waals surface area (Å²) >= 11 is 11.2. The van der Waals surface area contributed by atoms with Crippen molar-refractivity contribution in [2.45, 2.75) is 18.9 Å². The highest BCUT2D eigenvalue weighted by atomic mass is 35.5. The van der Waals surface area contributed by atoms with E-state index >= 15 is 0 Å². The Balaban J connectivity index is 1.91. The Morgan fingerprint density at radius 1 is 1.31 bits per heavy atom. The monoisotopic (exact) mass is 261 g/mol. The molecule has 0 radical (unpaired) electrons. The van der Waals surface area contributed by atoms with E-state index in [9.17, 15) is 4.79 Å². The van der Waals surface area contributed by atoms with Crippen LogP contribution in [0.4, 0.5) is 5.95 Å². The molecule has 1 aliphatic heterocycles. The van der Waals surface area contributed by atoms with Gasteiger partial charge >= 0.3 is 0 Å². The van der Waals surface area contributed by atoms with Crippen LogP contribution in [0.5, 0.6) is 0 Å². The number of amides is 1. The van der Waals surface area contributed by atoms with Gasteiger partial charge in [-0.2, -0.15) is 15.0 Å². The first-order valence-corrected chi connectivity index (χ1v) is 5.49. The van der Waals surface area contributed by atoms with Gasteiger partial charge in [0.1, 0.15) is 0 Å². The van der Waals surface area contributed by atoms with Crippen LogP contribution in [0.3, 0.4) is 0 Å². The van der Waals surface area contributed by atoms with E-state index in [0.29, 0.717) is 18.9 Å². The number of anilines is 1. The van der Waals surface area contributed by atoms with Crippen molar-refractivity contribution in [3.05, 3.63) is 10.6 Å². The Bertz CT molecular complexity index is 393. The first-order chi connectivity index (χ1) is 7.63.